The maximum Gasteiger partial charge on any atom is 0.195 e. The Morgan fingerprint density at radius 2 is 1.47 bits per heavy atom. The quantitative estimate of drug-likeness (QED) is 0.251. The van der Waals surface area contributed by atoms with Gasteiger partial charge in [0.15, 0.2) is 11.6 Å². The van der Waals surface area contributed by atoms with Gasteiger partial charge in [0, 0.05) is 32.4 Å². The van der Waals surface area contributed by atoms with E-state index in [0.29, 0.717) is 38.1 Å². The topological polar surface area (TPSA) is 86.2 Å². The Morgan fingerprint density at radius 3 is 2.12 bits per heavy atom. The van der Waals surface area contributed by atoms with Crippen molar-refractivity contribution in [3.05, 3.63) is 107 Å². The van der Waals surface area contributed by atoms with Crippen molar-refractivity contribution >= 4 is 46.5 Å². The number of nitrogens with two attached hydrogens (primary N) is 2. The number of thioether (sulfide) groups is 2. The first-order valence-corrected chi connectivity index (χ1v) is 12.3. The average molecular weight is 457 g/mol. The van der Waals surface area contributed by atoms with Crippen molar-refractivity contribution in [2.75, 3.05) is 11.5 Å². The second-order valence-electron chi connectivity index (χ2n) is 8.32. The van der Waals surface area contributed by atoms with Crippen LogP contribution in [0.2, 0.25) is 0 Å². The smallest absolute Gasteiger partial charge is 0.195 e. The van der Waals surface area contributed by atoms with Crippen LogP contribution >= 0.6 is 23.5 Å². The molecule has 2 fully saturated rings. The van der Waals surface area contributed by atoms with Crippen LogP contribution < -0.4 is 11.5 Å². The minimum atomic E-state index is -0.296. The van der Waals surface area contributed by atoms with E-state index < -0.39 is 0 Å². The largest absolute Gasteiger partial charge is 0.397 e. The normalized spacial score (nSPS) is 26.7. The summed E-state index contributed by atoms with van der Waals surface area (Å²) in [4.78, 5) is 27.1. The monoisotopic (exact) mass is 456 g/mol. The Bertz CT molecular complexity index is 1310. The zero-order chi connectivity index (χ0) is 22.0. The van der Waals surface area contributed by atoms with Gasteiger partial charge >= 0.3 is 0 Å². The van der Waals surface area contributed by atoms with E-state index in [1.54, 1.807) is 36.4 Å². The number of hydrogen-bond donors (Lipinski definition) is 2. The lowest BCUT2D eigenvalue weighted by atomic mass is 9.83. The molecular weight excluding hydrogens is 436 g/mol. The van der Waals surface area contributed by atoms with Gasteiger partial charge in [-0.2, -0.15) is 0 Å². The van der Waals surface area contributed by atoms with Crippen LogP contribution in [0.1, 0.15) is 37.4 Å². The van der Waals surface area contributed by atoms with E-state index in [2.05, 4.69) is 12.2 Å². The zero-order valence-corrected chi connectivity index (χ0v) is 18.7. The summed E-state index contributed by atoms with van der Waals surface area (Å²) in [6.45, 7) is 0. The van der Waals surface area contributed by atoms with Crippen LogP contribution in [0.5, 0.6) is 0 Å². The van der Waals surface area contributed by atoms with E-state index in [1.807, 2.05) is 53.9 Å². The number of nitrogen functional groups attached to an aromatic ring is 2. The molecule has 2 saturated heterocycles. The summed E-state index contributed by atoms with van der Waals surface area (Å²) in [5, 5.41) is 1.61. The van der Waals surface area contributed by atoms with E-state index in [-0.39, 0.29) is 27.6 Å². The maximum atomic E-state index is 13.6. The molecule has 0 amide bonds. The summed E-state index contributed by atoms with van der Waals surface area (Å²) in [6.07, 6.45) is 4.45. The number of rotatable bonds is 5. The Labute approximate surface area is 194 Å². The molecule has 0 saturated carbocycles. The van der Waals surface area contributed by atoms with Gasteiger partial charge in [0.1, 0.15) is 0 Å². The first-order valence-electron chi connectivity index (χ1n) is 10.5. The van der Waals surface area contributed by atoms with Gasteiger partial charge in [-0.1, -0.05) is 72.8 Å². The highest BCUT2D eigenvalue weighted by molar-refractivity contribution is 8.13. The molecule has 4 N–H and O–H groups in total. The highest BCUT2D eigenvalue weighted by Crippen LogP contribution is 2.74. The van der Waals surface area contributed by atoms with Crippen LogP contribution in [0.15, 0.2) is 78.9 Å². The Balaban J connectivity index is 1.55. The molecule has 158 valence electrons. The third kappa shape index (κ3) is 2.86. The lowest BCUT2D eigenvalue weighted by Gasteiger charge is -2.22. The van der Waals surface area contributed by atoms with Gasteiger partial charge < -0.3 is 11.5 Å². The van der Waals surface area contributed by atoms with Crippen molar-refractivity contribution in [3.8, 4) is 0 Å². The van der Waals surface area contributed by atoms with Crippen LogP contribution in [0, 0.1) is 0 Å². The molecule has 0 bridgehead atoms. The summed E-state index contributed by atoms with van der Waals surface area (Å²) < 4.78 is -0.261. The van der Waals surface area contributed by atoms with Gasteiger partial charge in [0.25, 0.3) is 0 Å². The van der Waals surface area contributed by atoms with Crippen LogP contribution in [-0.2, 0) is 4.75 Å². The molecule has 0 radical (unpaired) electrons. The number of carbonyl (C=O) groups excluding carboxylic acids is 2. The minimum absolute atomic E-state index is 0.184. The Hall–Kier alpha value is -2.96. The standard InChI is InChI=1S/C26H20N2O2S2/c27-20-17(26-12-11-18-24(31-18)25(26)32-26)13-16(22(29)14-7-3-1-4-8-14)19(21(20)28)23(30)15-9-5-2-6-10-15/h1-13,18,24-25H,27-28H2. The van der Waals surface area contributed by atoms with Crippen molar-refractivity contribution in [1.82, 2.24) is 0 Å². The molecule has 0 spiro atoms. The van der Waals surface area contributed by atoms with Gasteiger partial charge in [0.05, 0.1) is 21.7 Å². The number of hydrogen-bond acceptors (Lipinski definition) is 6. The number of ketones is 2. The van der Waals surface area contributed by atoms with E-state index in [0.717, 1.165) is 5.56 Å². The SMILES string of the molecule is Nc1c(C23C=CC4SC4C2S3)cc(C(=O)c2ccccc2)c(C(=O)c2ccccc2)c1N. The summed E-state index contributed by atoms with van der Waals surface area (Å²) in [5.74, 6) is -0.523. The average Bonchev–Trinajstić information content (AvgIpc) is 3.73. The van der Waals surface area contributed by atoms with Gasteiger partial charge in [-0.15, -0.1) is 23.5 Å². The minimum Gasteiger partial charge on any atom is -0.397 e. The van der Waals surface area contributed by atoms with Crippen molar-refractivity contribution in [1.29, 1.82) is 0 Å². The van der Waals surface area contributed by atoms with E-state index in [1.165, 1.54) is 0 Å². The summed E-state index contributed by atoms with van der Waals surface area (Å²) in [7, 11) is 0. The van der Waals surface area contributed by atoms with Crippen LogP contribution in [0.3, 0.4) is 0 Å². The molecule has 32 heavy (non-hydrogen) atoms. The van der Waals surface area contributed by atoms with Gasteiger partial charge in [-0.3, -0.25) is 9.59 Å². The van der Waals surface area contributed by atoms with E-state index in [9.17, 15) is 9.59 Å². The fourth-order valence-corrected chi connectivity index (χ4v) is 7.70. The molecule has 3 aliphatic rings. The molecule has 6 rings (SSSR count). The number of benzene rings is 3. The molecule has 3 aromatic rings. The molecule has 3 aromatic carbocycles. The Kier molecular flexibility index (Phi) is 4.32. The van der Waals surface area contributed by atoms with Gasteiger partial charge in [-0.05, 0) is 11.6 Å². The first kappa shape index (κ1) is 19.7. The highest BCUT2D eigenvalue weighted by atomic mass is 32.2. The predicted octanol–water partition coefficient (Wildman–Crippen LogP) is 4.68. The number of fused-ring (bicyclic) bond motifs is 3. The molecule has 6 heteroatoms. The zero-order valence-electron chi connectivity index (χ0n) is 17.0. The molecular formula is C26H20N2O2S2. The predicted molar refractivity (Wildman–Crippen MR) is 132 cm³/mol. The van der Waals surface area contributed by atoms with Crippen molar-refractivity contribution < 1.29 is 9.59 Å². The summed E-state index contributed by atoms with van der Waals surface area (Å²) in [5.41, 5.74) is 16.0. The molecule has 4 atom stereocenters. The van der Waals surface area contributed by atoms with Gasteiger partial charge in [0.2, 0.25) is 0 Å². The number of anilines is 2. The second-order valence-corrected chi connectivity index (χ2v) is 11.1. The van der Waals surface area contributed by atoms with Crippen LogP contribution in [-0.4, -0.2) is 27.3 Å². The van der Waals surface area contributed by atoms with E-state index in [4.69, 9.17) is 11.5 Å². The maximum absolute atomic E-state index is 13.6. The lowest BCUT2D eigenvalue weighted by molar-refractivity contribution is 0.100. The fourth-order valence-electron chi connectivity index (χ4n) is 4.65. The third-order valence-electron chi connectivity index (χ3n) is 6.45. The first-order chi connectivity index (χ1) is 15.5. The van der Waals surface area contributed by atoms with Crippen LogP contribution in [0.25, 0.3) is 0 Å². The second kappa shape index (κ2) is 7.02. The molecule has 0 aromatic heterocycles. The summed E-state index contributed by atoms with van der Waals surface area (Å²) in [6, 6.07) is 19.7. The molecule has 1 aliphatic carbocycles. The van der Waals surface area contributed by atoms with E-state index >= 15 is 0 Å². The Morgan fingerprint density at radius 1 is 0.844 bits per heavy atom. The van der Waals surface area contributed by atoms with Gasteiger partial charge in [-0.25, -0.2) is 0 Å². The fraction of sp³-hybridized carbons (Fsp3) is 0.154. The molecule has 2 aliphatic heterocycles. The lowest BCUT2D eigenvalue weighted by Crippen LogP contribution is -2.23. The van der Waals surface area contributed by atoms with Crippen molar-refractivity contribution in [2.24, 2.45) is 0 Å². The summed E-state index contributed by atoms with van der Waals surface area (Å²) >= 11 is 3.82. The van der Waals surface area contributed by atoms with Crippen molar-refractivity contribution in [2.45, 2.75) is 20.5 Å². The highest BCUT2D eigenvalue weighted by Gasteiger charge is 2.67. The molecule has 4 unspecified atom stereocenters. The van der Waals surface area contributed by atoms with Crippen LogP contribution in [0.4, 0.5) is 11.4 Å². The third-order valence-corrected chi connectivity index (χ3v) is 9.62. The molecule has 2 heterocycles. The number of carbonyl (C=O) groups is 2. The van der Waals surface area contributed by atoms with Crippen molar-refractivity contribution in [3.63, 3.8) is 0 Å². The molecule has 4 nitrogen and oxygen atoms in total.